The Kier molecular flexibility index (Phi) is 4.64. The van der Waals surface area contributed by atoms with E-state index in [2.05, 4.69) is 5.32 Å². The summed E-state index contributed by atoms with van der Waals surface area (Å²) in [6.07, 6.45) is 0. The number of benzene rings is 2. The average molecular weight is 290 g/mol. The second-order valence-electron chi connectivity index (χ2n) is 4.46. The minimum Gasteiger partial charge on any atom is -0.465 e. The predicted octanol–water partition coefficient (Wildman–Crippen LogP) is 4.05. The van der Waals surface area contributed by atoms with E-state index in [1.165, 1.54) is 7.11 Å². The van der Waals surface area contributed by atoms with Gasteiger partial charge < -0.3 is 10.1 Å². The molecule has 1 N–H and O–H groups in total. The zero-order valence-electron chi connectivity index (χ0n) is 11.4. The van der Waals surface area contributed by atoms with E-state index < -0.39 is 0 Å². The lowest BCUT2D eigenvalue weighted by Crippen LogP contribution is -2.08. The summed E-state index contributed by atoms with van der Waals surface area (Å²) in [7, 11) is 1.38. The fourth-order valence-corrected chi connectivity index (χ4v) is 2.20. The van der Waals surface area contributed by atoms with E-state index in [4.69, 9.17) is 16.3 Å². The second kappa shape index (κ2) is 6.44. The van der Waals surface area contributed by atoms with Crippen molar-refractivity contribution in [1.82, 2.24) is 0 Å². The summed E-state index contributed by atoms with van der Waals surface area (Å²) in [5, 5.41) is 3.98. The number of rotatable bonds is 4. The molecule has 0 aliphatic rings. The Balaban J connectivity index is 2.17. The molecule has 0 heterocycles. The second-order valence-corrected chi connectivity index (χ2v) is 4.90. The molecule has 0 unspecified atom stereocenters. The van der Waals surface area contributed by atoms with Crippen LogP contribution in [-0.4, -0.2) is 13.1 Å². The highest BCUT2D eigenvalue weighted by Crippen LogP contribution is 2.19. The Morgan fingerprint density at radius 3 is 2.70 bits per heavy atom. The van der Waals surface area contributed by atoms with Crippen molar-refractivity contribution in [3.63, 3.8) is 0 Å². The first kappa shape index (κ1) is 14.4. The fraction of sp³-hybridized carbons (Fsp3) is 0.188. The number of aryl methyl sites for hydroxylation is 1. The molecule has 0 saturated heterocycles. The number of carbonyl (C=O) groups is 1. The Morgan fingerprint density at radius 2 is 2.00 bits per heavy atom. The Hall–Kier alpha value is -2.00. The number of nitrogens with one attached hydrogen (secondary N) is 1. The minimum atomic E-state index is -0.346. The molecule has 0 fully saturated rings. The molecule has 0 atom stereocenters. The Morgan fingerprint density at radius 1 is 1.25 bits per heavy atom. The number of para-hydroxylation sites is 1. The van der Waals surface area contributed by atoms with Gasteiger partial charge in [-0.1, -0.05) is 29.8 Å². The van der Waals surface area contributed by atoms with Crippen molar-refractivity contribution < 1.29 is 9.53 Å². The van der Waals surface area contributed by atoms with Gasteiger partial charge in [0.15, 0.2) is 0 Å². The van der Waals surface area contributed by atoms with E-state index in [0.717, 1.165) is 21.8 Å². The number of hydrogen-bond donors (Lipinski definition) is 1. The van der Waals surface area contributed by atoms with E-state index in [9.17, 15) is 4.79 Å². The predicted molar refractivity (Wildman–Crippen MR) is 81.3 cm³/mol. The van der Waals surface area contributed by atoms with Crippen molar-refractivity contribution in [2.45, 2.75) is 13.5 Å². The lowest BCUT2D eigenvalue weighted by molar-refractivity contribution is 0.0602. The van der Waals surface area contributed by atoms with Gasteiger partial charge in [0.25, 0.3) is 0 Å². The Labute approximate surface area is 123 Å². The van der Waals surface area contributed by atoms with E-state index in [0.29, 0.717) is 12.1 Å². The van der Waals surface area contributed by atoms with Crippen molar-refractivity contribution in [1.29, 1.82) is 0 Å². The van der Waals surface area contributed by atoms with Gasteiger partial charge in [-0.3, -0.25) is 0 Å². The van der Waals surface area contributed by atoms with Gasteiger partial charge >= 0.3 is 5.97 Å². The molecule has 104 valence electrons. The number of halogens is 1. The molecule has 2 rings (SSSR count). The molecule has 3 nitrogen and oxygen atoms in total. The van der Waals surface area contributed by atoms with Gasteiger partial charge in [0, 0.05) is 17.3 Å². The van der Waals surface area contributed by atoms with Crippen molar-refractivity contribution in [2.24, 2.45) is 0 Å². The summed E-state index contributed by atoms with van der Waals surface area (Å²) in [5.41, 5.74) is 3.53. The monoisotopic (exact) mass is 289 g/mol. The van der Waals surface area contributed by atoms with Gasteiger partial charge in [0.2, 0.25) is 0 Å². The highest BCUT2D eigenvalue weighted by molar-refractivity contribution is 6.30. The molecule has 0 aliphatic heterocycles. The number of ether oxygens (including phenoxy) is 1. The summed E-state index contributed by atoms with van der Waals surface area (Å²) >= 11 is 5.94. The SMILES string of the molecule is COC(=O)c1ccccc1NCc1ccc(Cl)cc1C. The van der Waals surface area contributed by atoms with Crippen LogP contribution in [0.25, 0.3) is 0 Å². The third-order valence-corrected chi connectivity index (χ3v) is 3.34. The molecule has 20 heavy (non-hydrogen) atoms. The molecule has 0 aromatic heterocycles. The van der Waals surface area contributed by atoms with Crippen molar-refractivity contribution in [2.75, 3.05) is 12.4 Å². The van der Waals surface area contributed by atoms with Crippen LogP contribution in [0.3, 0.4) is 0 Å². The maximum Gasteiger partial charge on any atom is 0.339 e. The van der Waals surface area contributed by atoms with E-state index in [-0.39, 0.29) is 5.97 Å². The van der Waals surface area contributed by atoms with E-state index >= 15 is 0 Å². The van der Waals surface area contributed by atoms with E-state index in [1.807, 2.05) is 43.3 Å². The first-order valence-electron chi connectivity index (χ1n) is 6.28. The summed E-state index contributed by atoms with van der Waals surface area (Å²) in [6, 6.07) is 13.0. The zero-order valence-corrected chi connectivity index (χ0v) is 12.2. The summed E-state index contributed by atoms with van der Waals surface area (Å²) in [4.78, 5) is 11.7. The largest absolute Gasteiger partial charge is 0.465 e. The molecule has 0 amide bonds. The number of esters is 1. The lowest BCUT2D eigenvalue weighted by atomic mass is 10.1. The van der Waals surface area contributed by atoms with Crippen LogP contribution >= 0.6 is 11.6 Å². The van der Waals surface area contributed by atoms with Crippen LogP contribution in [0.2, 0.25) is 5.02 Å². The van der Waals surface area contributed by atoms with Crippen LogP contribution in [0.1, 0.15) is 21.5 Å². The van der Waals surface area contributed by atoms with Gasteiger partial charge in [-0.05, 0) is 42.3 Å². The maximum absolute atomic E-state index is 11.7. The third-order valence-electron chi connectivity index (χ3n) is 3.11. The van der Waals surface area contributed by atoms with Gasteiger partial charge in [-0.25, -0.2) is 4.79 Å². The quantitative estimate of drug-likeness (QED) is 0.863. The minimum absolute atomic E-state index is 0.346. The highest BCUT2D eigenvalue weighted by Gasteiger charge is 2.10. The molecular formula is C16H16ClNO2. The average Bonchev–Trinajstić information content (AvgIpc) is 2.46. The Bertz CT molecular complexity index is 626. The van der Waals surface area contributed by atoms with Crippen LogP contribution in [0, 0.1) is 6.92 Å². The van der Waals surface area contributed by atoms with Crippen LogP contribution in [0.15, 0.2) is 42.5 Å². The first-order valence-corrected chi connectivity index (χ1v) is 6.66. The zero-order chi connectivity index (χ0) is 14.5. The summed E-state index contributed by atoms with van der Waals surface area (Å²) < 4.78 is 4.77. The van der Waals surface area contributed by atoms with Gasteiger partial charge in [0.1, 0.15) is 0 Å². The van der Waals surface area contributed by atoms with E-state index in [1.54, 1.807) is 6.07 Å². The normalized spacial score (nSPS) is 10.2. The van der Waals surface area contributed by atoms with Gasteiger partial charge in [-0.2, -0.15) is 0 Å². The van der Waals surface area contributed by atoms with Crippen LogP contribution < -0.4 is 5.32 Å². The maximum atomic E-state index is 11.7. The summed E-state index contributed by atoms with van der Waals surface area (Å²) in [6.45, 7) is 2.63. The standard InChI is InChI=1S/C16H16ClNO2/c1-11-9-13(17)8-7-12(11)10-18-15-6-4-3-5-14(15)16(19)20-2/h3-9,18H,10H2,1-2H3. The third kappa shape index (κ3) is 3.31. The molecule has 0 aliphatic carbocycles. The molecule has 2 aromatic rings. The number of anilines is 1. The van der Waals surface area contributed by atoms with Crippen molar-refractivity contribution >= 4 is 23.3 Å². The lowest BCUT2D eigenvalue weighted by Gasteiger charge is -2.12. The topological polar surface area (TPSA) is 38.3 Å². The molecule has 0 spiro atoms. The first-order chi connectivity index (χ1) is 9.61. The van der Waals surface area contributed by atoms with Crippen LogP contribution in [0.5, 0.6) is 0 Å². The van der Waals surface area contributed by atoms with Crippen LogP contribution in [-0.2, 0) is 11.3 Å². The molecule has 0 saturated carbocycles. The molecule has 2 aromatic carbocycles. The van der Waals surface area contributed by atoms with Gasteiger partial charge in [-0.15, -0.1) is 0 Å². The fourth-order valence-electron chi connectivity index (χ4n) is 1.97. The number of hydrogen-bond acceptors (Lipinski definition) is 3. The number of methoxy groups -OCH3 is 1. The van der Waals surface area contributed by atoms with Crippen LogP contribution in [0.4, 0.5) is 5.69 Å². The molecule has 0 radical (unpaired) electrons. The van der Waals surface area contributed by atoms with Crippen molar-refractivity contribution in [3.05, 3.63) is 64.2 Å². The number of carbonyl (C=O) groups excluding carboxylic acids is 1. The molecule has 0 bridgehead atoms. The molecule has 4 heteroatoms. The summed E-state index contributed by atoms with van der Waals surface area (Å²) in [5.74, 6) is -0.346. The molecular weight excluding hydrogens is 274 g/mol. The highest BCUT2D eigenvalue weighted by atomic mass is 35.5. The van der Waals surface area contributed by atoms with Crippen molar-refractivity contribution in [3.8, 4) is 0 Å². The smallest absolute Gasteiger partial charge is 0.339 e. The van der Waals surface area contributed by atoms with Gasteiger partial charge in [0.05, 0.1) is 12.7 Å².